The fourth-order valence-electron chi connectivity index (χ4n) is 2.78. The number of H-pyrrole nitrogens is 1. The van der Waals surface area contributed by atoms with Gasteiger partial charge in [-0.25, -0.2) is 14.5 Å². The Balaban J connectivity index is 1.54. The summed E-state index contributed by atoms with van der Waals surface area (Å²) >= 11 is 0. The van der Waals surface area contributed by atoms with E-state index in [1.807, 2.05) is 50.2 Å². The number of nitrogens with zero attached hydrogens (tertiary/aromatic N) is 4. The Labute approximate surface area is 150 Å². The Morgan fingerprint density at radius 3 is 2.81 bits per heavy atom. The second-order valence-corrected chi connectivity index (χ2v) is 6.14. The number of rotatable bonds is 4. The normalized spacial score (nSPS) is 12.2. The first-order valence-corrected chi connectivity index (χ1v) is 8.34. The molecule has 0 aliphatic rings. The van der Waals surface area contributed by atoms with E-state index in [0.717, 1.165) is 17.0 Å². The maximum Gasteiger partial charge on any atom is 0.257 e. The number of fused-ring (bicyclic) bond motifs is 1. The van der Waals surface area contributed by atoms with Gasteiger partial charge in [0.1, 0.15) is 11.4 Å². The molecule has 1 amide bonds. The molecule has 0 aliphatic heterocycles. The summed E-state index contributed by atoms with van der Waals surface area (Å²) in [5.74, 6) is 0.459. The van der Waals surface area contributed by atoms with Crippen molar-refractivity contribution in [2.24, 2.45) is 0 Å². The largest absolute Gasteiger partial charge is 0.342 e. The Morgan fingerprint density at radius 1 is 1.19 bits per heavy atom. The van der Waals surface area contributed by atoms with E-state index in [1.165, 1.54) is 6.20 Å². The number of imidazole rings is 1. The zero-order valence-corrected chi connectivity index (χ0v) is 14.5. The zero-order valence-electron chi connectivity index (χ0n) is 14.5. The summed E-state index contributed by atoms with van der Waals surface area (Å²) in [5, 5.41) is 7.12. The van der Waals surface area contributed by atoms with Gasteiger partial charge in [-0.1, -0.05) is 30.3 Å². The Morgan fingerprint density at radius 2 is 2.00 bits per heavy atom. The minimum absolute atomic E-state index is 0.233. The molecule has 0 fully saturated rings. The third-order valence-electron chi connectivity index (χ3n) is 4.19. The Bertz CT molecular complexity index is 1070. The number of hydrogen-bond donors (Lipinski definition) is 2. The third kappa shape index (κ3) is 2.95. The maximum atomic E-state index is 12.6. The molecule has 0 saturated heterocycles. The highest BCUT2D eigenvalue weighted by Gasteiger charge is 2.18. The van der Waals surface area contributed by atoms with Crippen LogP contribution in [0, 0.1) is 6.92 Å². The number of benzene rings is 1. The molecular formula is C19H18N6O. The van der Waals surface area contributed by atoms with Gasteiger partial charge in [-0.2, -0.15) is 5.10 Å². The van der Waals surface area contributed by atoms with Crippen molar-refractivity contribution >= 4 is 11.6 Å². The first kappa shape index (κ1) is 16.0. The van der Waals surface area contributed by atoms with Gasteiger partial charge in [-0.05, 0) is 25.5 Å². The van der Waals surface area contributed by atoms with Crippen molar-refractivity contribution in [2.75, 3.05) is 0 Å². The molecule has 4 rings (SSSR count). The van der Waals surface area contributed by atoms with E-state index in [9.17, 15) is 4.79 Å². The van der Waals surface area contributed by atoms with E-state index in [1.54, 1.807) is 16.9 Å². The smallest absolute Gasteiger partial charge is 0.257 e. The molecule has 0 bridgehead atoms. The molecule has 0 radical (unpaired) electrons. The topological polar surface area (TPSA) is 88.0 Å². The summed E-state index contributed by atoms with van der Waals surface area (Å²) < 4.78 is 1.59. The lowest BCUT2D eigenvalue weighted by molar-refractivity contribution is 0.0940. The quantitative estimate of drug-likeness (QED) is 0.595. The molecule has 7 nitrogen and oxygen atoms in total. The molecular weight excluding hydrogens is 328 g/mol. The summed E-state index contributed by atoms with van der Waals surface area (Å²) in [4.78, 5) is 24.7. The SMILES string of the molecule is Cc1ccn2ncc(C(=O)NC(C)c3ncc(-c4ccccc4)[nH]3)c2n1. The van der Waals surface area contributed by atoms with E-state index in [-0.39, 0.29) is 11.9 Å². The molecule has 1 unspecified atom stereocenters. The van der Waals surface area contributed by atoms with Crippen LogP contribution in [-0.4, -0.2) is 30.5 Å². The van der Waals surface area contributed by atoms with Crippen molar-refractivity contribution in [3.05, 3.63) is 72.1 Å². The lowest BCUT2D eigenvalue weighted by Gasteiger charge is -2.10. The fraction of sp³-hybridized carbons (Fsp3) is 0.158. The Hall–Kier alpha value is -3.48. The molecule has 0 spiro atoms. The summed E-state index contributed by atoms with van der Waals surface area (Å²) in [5.41, 5.74) is 3.77. The lowest BCUT2D eigenvalue weighted by Crippen LogP contribution is -2.27. The molecule has 1 aromatic carbocycles. The monoisotopic (exact) mass is 346 g/mol. The molecule has 0 aliphatic carbocycles. The number of aromatic amines is 1. The summed E-state index contributed by atoms with van der Waals surface area (Å²) in [6.45, 7) is 3.77. The van der Waals surface area contributed by atoms with Crippen LogP contribution in [-0.2, 0) is 0 Å². The first-order valence-electron chi connectivity index (χ1n) is 8.34. The van der Waals surface area contributed by atoms with Crippen LogP contribution in [0.15, 0.2) is 55.0 Å². The van der Waals surface area contributed by atoms with Gasteiger partial charge in [0.25, 0.3) is 5.91 Å². The van der Waals surface area contributed by atoms with Crippen LogP contribution in [0.3, 0.4) is 0 Å². The van der Waals surface area contributed by atoms with Crippen LogP contribution in [0.2, 0.25) is 0 Å². The predicted molar refractivity (Wildman–Crippen MR) is 97.6 cm³/mol. The molecule has 26 heavy (non-hydrogen) atoms. The number of aryl methyl sites for hydroxylation is 1. The number of carbonyl (C=O) groups excluding carboxylic acids is 1. The summed E-state index contributed by atoms with van der Waals surface area (Å²) in [7, 11) is 0. The molecule has 3 heterocycles. The average molecular weight is 346 g/mol. The second kappa shape index (κ2) is 6.44. The van der Waals surface area contributed by atoms with Gasteiger partial charge in [0.15, 0.2) is 5.65 Å². The van der Waals surface area contributed by atoms with E-state index < -0.39 is 0 Å². The summed E-state index contributed by atoms with van der Waals surface area (Å²) in [6, 6.07) is 11.5. The zero-order chi connectivity index (χ0) is 18.1. The van der Waals surface area contributed by atoms with Gasteiger partial charge >= 0.3 is 0 Å². The fourth-order valence-corrected chi connectivity index (χ4v) is 2.78. The Kier molecular flexibility index (Phi) is 3.96. The predicted octanol–water partition coefficient (Wildman–Crippen LogP) is 2.92. The van der Waals surface area contributed by atoms with E-state index in [0.29, 0.717) is 17.0 Å². The van der Waals surface area contributed by atoms with Gasteiger partial charge in [-0.3, -0.25) is 4.79 Å². The highest BCUT2D eigenvalue weighted by molar-refractivity contribution is 5.99. The molecule has 2 N–H and O–H groups in total. The number of hydrogen-bond acceptors (Lipinski definition) is 4. The van der Waals surface area contributed by atoms with Crippen LogP contribution < -0.4 is 5.32 Å². The van der Waals surface area contributed by atoms with Crippen LogP contribution in [0.4, 0.5) is 0 Å². The van der Waals surface area contributed by atoms with Crippen molar-refractivity contribution < 1.29 is 4.79 Å². The van der Waals surface area contributed by atoms with E-state index in [2.05, 4.69) is 25.4 Å². The minimum atomic E-state index is -0.278. The van der Waals surface area contributed by atoms with Gasteiger partial charge in [0.05, 0.1) is 24.1 Å². The standard InChI is InChI=1S/C19H18N6O/c1-12-8-9-25-18(22-12)15(10-21-25)19(26)23-13(2)17-20-11-16(24-17)14-6-4-3-5-7-14/h3-11,13H,1-2H3,(H,20,24)(H,23,26). The summed E-state index contributed by atoms with van der Waals surface area (Å²) in [6.07, 6.45) is 5.09. The number of aromatic nitrogens is 5. The second-order valence-electron chi connectivity index (χ2n) is 6.14. The molecule has 7 heteroatoms. The molecule has 130 valence electrons. The van der Waals surface area contributed by atoms with Crippen molar-refractivity contribution in [2.45, 2.75) is 19.9 Å². The van der Waals surface area contributed by atoms with Crippen molar-refractivity contribution in [1.29, 1.82) is 0 Å². The van der Waals surface area contributed by atoms with Gasteiger partial charge < -0.3 is 10.3 Å². The van der Waals surface area contributed by atoms with E-state index >= 15 is 0 Å². The molecule has 4 aromatic rings. The third-order valence-corrected chi connectivity index (χ3v) is 4.19. The van der Waals surface area contributed by atoms with Crippen molar-refractivity contribution in [3.63, 3.8) is 0 Å². The van der Waals surface area contributed by atoms with Gasteiger partial charge in [-0.15, -0.1) is 0 Å². The van der Waals surface area contributed by atoms with Crippen LogP contribution in [0.1, 0.15) is 34.8 Å². The van der Waals surface area contributed by atoms with Gasteiger partial charge in [0.2, 0.25) is 0 Å². The highest BCUT2D eigenvalue weighted by Crippen LogP contribution is 2.19. The van der Waals surface area contributed by atoms with Crippen molar-refractivity contribution in [3.8, 4) is 11.3 Å². The molecule has 1 atom stereocenters. The maximum absolute atomic E-state index is 12.6. The number of carbonyl (C=O) groups is 1. The molecule has 0 saturated carbocycles. The lowest BCUT2D eigenvalue weighted by atomic mass is 10.2. The first-order chi connectivity index (χ1) is 12.6. The van der Waals surface area contributed by atoms with Crippen molar-refractivity contribution in [1.82, 2.24) is 29.9 Å². The molecule has 3 aromatic heterocycles. The minimum Gasteiger partial charge on any atom is -0.342 e. The highest BCUT2D eigenvalue weighted by atomic mass is 16.1. The van der Waals surface area contributed by atoms with Crippen LogP contribution >= 0.6 is 0 Å². The average Bonchev–Trinajstić information content (AvgIpc) is 3.29. The van der Waals surface area contributed by atoms with Gasteiger partial charge in [0, 0.05) is 11.9 Å². The van der Waals surface area contributed by atoms with E-state index in [4.69, 9.17) is 0 Å². The number of nitrogens with one attached hydrogen (secondary N) is 2. The number of amides is 1. The van der Waals surface area contributed by atoms with Crippen LogP contribution in [0.25, 0.3) is 16.9 Å². The van der Waals surface area contributed by atoms with Crippen LogP contribution in [0.5, 0.6) is 0 Å².